The number of methoxy groups -OCH3 is 1. The lowest BCUT2D eigenvalue weighted by Gasteiger charge is -2.21. The van der Waals surface area contributed by atoms with Crippen molar-refractivity contribution in [3.05, 3.63) is 29.8 Å². The number of halogens is 1. The molecule has 0 amide bonds. The zero-order valence-corrected chi connectivity index (χ0v) is 11.2. The van der Waals surface area contributed by atoms with E-state index in [0.29, 0.717) is 0 Å². The van der Waals surface area contributed by atoms with Crippen molar-refractivity contribution >= 4 is 15.9 Å². The quantitative estimate of drug-likeness (QED) is 0.744. The van der Waals surface area contributed by atoms with Gasteiger partial charge in [-0.3, -0.25) is 4.90 Å². The molecular formula is C13H18BrNO. The first kappa shape index (κ1) is 11.9. The lowest BCUT2D eigenvalue weighted by atomic mass is 10.2. The lowest BCUT2D eigenvalue weighted by molar-refractivity contribution is 0.267. The summed E-state index contributed by atoms with van der Waals surface area (Å²) in [6, 6.07) is 9.09. The molecule has 0 heterocycles. The maximum absolute atomic E-state index is 5.39. The molecule has 3 heteroatoms. The Balaban J connectivity index is 2.05. The highest BCUT2D eigenvalue weighted by molar-refractivity contribution is 9.09. The van der Waals surface area contributed by atoms with Crippen molar-refractivity contribution in [3.63, 3.8) is 0 Å². The van der Waals surface area contributed by atoms with E-state index >= 15 is 0 Å². The molecule has 1 aliphatic carbocycles. The van der Waals surface area contributed by atoms with Crippen LogP contribution in [0.5, 0.6) is 5.75 Å². The number of alkyl halides is 1. The Labute approximate surface area is 106 Å². The smallest absolute Gasteiger partial charge is 0.123 e. The standard InChI is InChI=1S/C13H18BrNO/c1-16-13-5-3-2-4-11(13)10-15(9-8-14)12-6-7-12/h2-5,12H,6-10H2,1H3. The first-order valence-corrected chi connectivity index (χ1v) is 6.89. The minimum absolute atomic E-state index is 0.794. The van der Waals surface area contributed by atoms with Crippen LogP contribution in [-0.4, -0.2) is 29.9 Å². The van der Waals surface area contributed by atoms with Crippen LogP contribution in [0.4, 0.5) is 0 Å². The van der Waals surface area contributed by atoms with Crippen molar-refractivity contribution in [2.45, 2.75) is 25.4 Å². The van der Waals surface area contributed by atoms with Crippen molar-refractivity contribution in [1.29, 1.82) is 0 Å². The van der Waals surface area contributed by atoms with Crippen molar-refractivity contribution in [2.75, 3.05) is 19.0 Å². The van der Waals surface area contributed by atoms with Crippen LogP contribution in [0.2, 0.25) is 0 Å². The first-order valence-electron chi connectivity index (χ1n) is 5.77. The van der Waals surface area contributed by atoms with Crippen LogP contribution in [0.15, 0.2) is 24.3 Å². The van der Waals surface area contributed by atoms with Crippen LogP contribution in [0.25, 0.3) is 0 Å². The highest BCUT2D eigenvalue weighted by Gasteiger charge is 2.28. The molecule has 2 nitrogen and oxygen atoms in total. The van der Waals surface area contributed by atoms with Crippen LogP contribution in [0.1, 0.15) is 18.4 Å². The first-order chi connectivity index (χ1) is 7.85. The minimum Gasteiger partial charge on any atom is -0.496 e. The lowest BCUT2D eigenvalue weighted by Crippen LogP contribution is -2.27. The van der Waals surface area contributed by atoms with Gasteiger partial charge in [0.1, 0.15) is 5.75 Å². The van der Waals surface area contributed by atoms with Crippen molar-refractivity contribution in [2.24, 2.45) is 0 Å². The number of rotatable bonds is 6. The summed E-state index contributed by atoms with van der Waals surface area (Å²) >= 11 is 3.52. The summed E-state index contributed by atoms with van der Waals surface area (Å²) in [5.41, 5.74) is 1.29. The van der Waals surface area contributed by atoms with Crippen molar-refractivity contribution in [1.82, 2.24) is 4.90 Å². The number of ether oxygens (including phenoxy) is 1. The van der Waals surface area contributed by atoms with Gasteiger partial charge in [-0.25, -0.2) is 0 Å². The van der Waals surface area contributed by atoms with Gasteiger partial charge in [-0.05, 0) is 18.9 Å². The molecule has 0 bridgehead atoms. The molecule has 0 saturated heterocycles. The van der Waals surface area contributed by atoms with Gasteiger partial charge in [0.15, 0.2) is 0 Å². The minimum atomic E-state index is 0.794. The van der Waals surface area contributed by atoms with E-state index in [2.05, 4.69) is 33.0 Å². The zero-order valence-electron chi connectivity index (χ0n) is 9.66. The molecule has 0 aromatic heterocycles. The third kappa shape index (κ3) is 2.98. The Morgan fingerprint density at radius 2 is 2.12 bits per heavy atom. The molecule has 16 heavy (non-hydrogen) atoms. The monoisotopic (exact) mass is 283 g/mol. The topological polar surface area (TPSA) is 12.5 Å². The summed E-state index contributed by atoms with van der Waals surface area (Å²) in [4.78, 5) is 2.53. The molecule has 1 aromatic rings. The second kappa shape index (κ2) is 5.69. The Morgan fingerprint density at radius 3 is 2.75 bits per heavy atom. The van der Waals surface area contributed by atoms with E-state index in [0.717, 1.165) is 30.2 Å². The molecule has 88 valence electrons. The molecule has 1 fully saturated rings. The SMILES string of the molecule is COc1ccccc1CN(CCBr)C1CC1. The Morgan fingerprint density at radius 1 is 1.38 bits per heavy atom. The van der Waals surface area contributed by atoms with Gasteiger partial charge in [-0.15, -0.1) is 0 Å². The van der Waals surface area contributed by atoms with Gasteiger partial charge in [0.2, 0.25) is 0 Å². The summed E-state index contributed by atoms with van der Waals surface area (Å²) < 4.78 is 5.39. The number of benzene rings is 1. The number of hydrogen-bond acceptors (Lipinski definition) is 2. The maximum atomic E-state index is 5.39. The van der Waals surface area contributed by atoms with Crippen LogP contribution >= 0.6 is 15.9 Å². The van der Waals surface area contributed by atoms with Gasteiger partial charge in [0.25, 0.3) is 0 Å². The summed E-state index contributed by atoms with van der Waals surface area (Å²) in [6.07, 6.45) is 2.70. The van der Waals surface area contributed by atoms with E-state index in [1.54, 1.807) is 7.11 Å². The van der Waals surface area contributed by atoms with Crippen LogP contribution in [0.3, 0.4) is 0 Å². The van der Waals surface area contributed by atoms with E-state index in [-0.39, 0.29) is 0 Å². The molecular weight excluding hydrogens is 266 g/mol. The predicted octanol–water partition coefficient (Wildman–Crippen LogP) is 3.05. The summed E-state index contributed by atoms with van der Waals surface area (Å²) in [6.45, 7) is 2.11. The molecule has 1 saturated carbocycles. The second-order valence-corrected chi connectivity index (χ2v) is 5.00. The molecule has 0 N–H and O–H groups in total. The number of nitrogens with zero attached hydrogens (tertiary/aromatic N) is 1. The van der Waals surface area contributed by atoms with E-state index in [1.807, 2.05) is 12.1 Å². The fourth-order valence-corrected chi connectivity index (χ4v) is 2.45. The van der Waals surface area contributed by atoms with E-state index < -0.39 is 0 Å². The Kier molecular flexibility index (Phi) is 4.24. The van der Waals surface area contributed by atoms with Crippen LogP contribution in [-0.2, 0) is 6.54 Å². The summed E-state index contributed by atoms with van der Waals surface area (Å²) in [5, 5.41) is 1.04. The van der Waals surface area contributed by atoms with Crippen molar-refractivity contribution in [3.8, 4) is 5.75 Å². The molecule has 0 aliphatic heterocycles. The average molecular weight is 284 g/mol. The fraction of sp³-hybridized carbons (Fsp3) is 0.538. The van der Waals surface area contributed by atoms with E-state index in [4.69, 9.17) is 4.74 Å². The molecule has 2 rings (SSSR count). The fourth-order valence-electron chi connectivity index (χ4n) is 1.99. The van der Waals surface area contributed by atoms with Gasteiger partial charge in [0, 0.05) is 30.0 Å². The average Bonchev–Trinajstić information content (AvgIpc) is 3.13. The zero-order chi connectivity index (χ0) is 11.4. The third-order valence-corrected chi connectivity index (χ3v) is 3.36. The van der Waals surface area contributed by atoms with E-state index in [1.165, 1.54) is 18.4 Å². The highest BCUT2D eigenvalue weighted by atomic mass is 79.9. The molecule has 0 spiro atoms. The normalized spacial score (nSPS) is 15.4. The number of hydrogen-bond donors (Lipinski definition) is 0. The highest BCUT2D eigenvalue weighted by Crippen LogP contribution is 2.30. The molecule has 1 aliphatic rings. The van der Waals surface area contributed by atoms with Gasteiger partial charge in [-0.1, -0.05) is 34.1 Å². The van der Waals surface area contributed by atoms with Crippen LogP contribution in [0, 0.1) is 0 Å². The Hall–Kier alpha value is -0.540. The molecule has 0 radical (unpaired) electrons. The second-order valence-electron chi connectivity index (χ2n) is 4.20. The van der Waals surface area contributed by atoms with Gasteiger partial charge < -0.3 is 4.74 Å². The Bertz CT molecular complexity index is 338. The van der Waals surface area contributed by atoms with Crippen molar-refractivity contribution < 1.29 is 4.74 Å². The number of para-hydroxylation sites is 1. The largest absolute Gasteiger partial charge is 0.496 e. The molecule has 1 aromatic carbocycles. The van der Waals surface area contributed by atoms with Gasteiger partial charge in [-0.2, -0.15) is 0 Å². The van der Waals surface area contributed by atoms with E-state index in [9.17, 15) is 0 Å². The van der Waals surface area contributed by atoms with Gasteiger partial charge >= 0.3 is 0 Å². The molecule has 0 atom stereocenters. The molecule has 0 unspecified atom stereocenters. The van der Waals surface area contributed by atoms with Crippen LogP contribution < -0.4 is 4.74 Å². The third-order valence-electron chi connectivity index (χ3n) is 3.00. The predicted molar refractivity (Wildman–Crippen MR) is 70.2 cm³/mol. The maximum Gasteiger partial charge on any atom is 0.123 e. The summed E-state index contributed by atoms with van der Waals surface area (Å²) in [5.74, 6) is 1.00. The summed E-state index contributed by atoms with van der Waals surface area (Å²) in [7, 11) is 1.74. The van der Waals surface area contributed by atoms with Gasteiger partial charge in [0.05, 0.1) is 7.11 Å².